The van der Waals surface area contributed by atoms with Crippen LogP contribution in [0.5, 0.6) is 0 Å². The Morgan fingerprint density at radius 2 is 1.90 bits per heavy atom. The highest BCUT2D eigenvalue weighted by atomic mass is 79.9. The minimum atomic E-state index is -4.51. The van der Waals surface area contributed by atoms with E-state index in [2.05, 4.69) is 26.2 Å². The third-order valence-electron chi connectivity index (χ3n) is 3.05. The lowest BCUT2D eigenvalue weighted by molar-refractivity contribution is -0.138. The highest BCUT2D eigenvalue weighted by Crippen LogP contribution is 2.37. The molecule has 7 heteroatoms. The molecule has 0 radical (unpaired) electrons. The van der Waals surface area contributed by atoms with Gasteiger partial charge < -0.3 is 5.32 Å². The van der Waals surface area contributed by atoms with E-state index < -0.39 is 23.6 Å². The van der Waals surface area contributed by atoms with Gasteiger partial charge in [0.05, 0.1) is 16.1 Å². The minimum Gasteiger partial charge on any atom is -0.309 e. The molecule has 1 unspecified atom stereocenters. The van der Waals surface area contributed by atoms with Crippen LogP contribution in [0.25, 0.3) is 0 Å². The molecular weight excluding hydrogens is 352 g/mol. The van der Waals surface area contributed by atoms with Gasteiger partial charge >= 0.3 is 6.18 Å². The van der Waals surface area contributed by atoms with Crippen LogP contribution in [0.15, 0.2) is 41.1 Å². The minimum absolute atomic E-state index is 0.0567. The van der Waals surface area contributed by atoms with Crippen molar-refractivity contribution in [2.24, 2.45) is 0 Å². The molecule has 1 atom stereocenters. The zero-order valence-electron chi connectivity index (χ0n) is 10.9. The first-order valence-corrected chi connectivity index (χ1v) is 6.78. The zero-order valence-corrected chi connectivity index (χ0v) is 12.5. The van der Waals surface area contributed by atoms with Gasteiger partial charge in [-0.05, 0) is 40.7 Å². The SMILES string of the molecule is CNC(c1cnccc1C(F)(F)F)c1cccc(F)c1Br. The van der Waals surface area contributed by atoms with Crippen molar-refractivity contribution in [3.8, 4) is 0 Å². The van der Waals surface area contributed by atoms with Gasteiger partial charge in [-0.15, -0.1) is 0 Å². The van der Waals surface area contributed by atoms with Crippen LogP contribution in [0.4, 0.5) is 17.6 Å². The first-order valence-electron chi connectivity index (χ1n) is 5.98. The summed E-state index contributed by atoms with van der Waals surface area (Å²) in [5, 5.41) is 2.78. The monoisotopic (exact) mass is 362 g/mol. The number of hydrogen-bond donors (Lipinski definition) is 1. The molecule has 2 nitrogen and oxygen atoms in total. The van der Waals surface area contributed by atoms with E-state index in [9.17, 15) is 17.6 Å². The molecule has 0 saturated heterocycles. The molecule has 112 valence electrons. The lowest BCUT2D eigenvalue weighted by Gasteiger charge is -2.22. The van der Waals surface area contributed by atoms with Gasteiger partial charge in [0.25, 0.3) is 0 Å². The Hall–Kier alpha value is -1.47. The van der Waals surface area contributed by atoms with Crippen LogP contribution in [0.2, 0.25) is 0 Å². The molecule has 0 aliphatic rings. The Morgan fingerprint density at radius 3 is 2.52 bits per heavy atom. The molecule has 2 rings (SSSR count). The predicted molar refractivity (Wildman–Crippen MR) is 74.2 cm³/mol. The molecule has 2 aromatic rings. The number of hydrogen-bond acceptors (Lipinski definition) is 2. The van der Waals surface area contributed by atoms with Crippen LogP contribution in [-0.4, -0.2) is 12.0 Å². The van der Waals surface area contributed by atoms with Crippen LogP contribution in [0.3, 0.4) is 0 Å². The Morgan fingerprint density at radius 1 is 1.19 bits per heavy atom. The van der Waals surface area contributed by atoms with Crippen LogP contribution in [-0.2, 0) is 6.18 Å². The summed E-state index contributed by atoms with van der Waals surface area (Å²) in [6, 6.07) is 4.31. The fraction of sp³-hybridized carbons (Fsp3) is 0.214. The van der Waals surface area contributed by atoms with Crippen LogP contribution < -0.4 is 5.32 Å². The zero-order chi connectivity index (χ0) is 15.6. The predicted octanol–water partition coefficient (Wildman–Crippen LogP) is 4.31. The Kier molecular flexibility index (Phi) is 4.63. The average Bonchev–Trinajstić information content (AvgIpc) is 2.44. The summed E-state index contributed by atoms with van der Waals surface area (Å²) < 4.78 is 53.0. The number of alkyl halides is 3. The molecule has 0 aliphatic heterocycles. The largest absolute Gasteiger partial charge is 0.416 e. The molecule has 0 fully saturated rings. The van der Waals surface area contributed by atoms with E-state index >= 15 is 0 Å². The van der Waals surface area contributed by atoms with E-state index in [1.165, 1.54) is 19.2 Å². The quantitative estimate of drug-likeness (QED) is 0.823. The molecular formula is C14H11BrF4N2. The molecule has 0 spiro atoms. The van der Waals surface area contributed by atoms with Crippen molar-refractivity contribution in [1.82, 2.24) is 10.3 Å². The van der Waals surface area contributed by atoms with Gasteiger partial charge in [-0.25, -0.2) is 4.39 Å². The summed E-state index contributed by atoms with van der Waals surface area (Å²) in [6.45, 7) is 0. The first-order chi connectivity index (χ1) is 9.86. The summed E-state index contributed by atoms with van der Waals surface area (Å²) in [5.74, 6) is -0.537. The maximum Gasteiger partial charge on any atom is 0.416 e. The van der Waals surface area contributed by atoms with Gasteiger partial charge in [-0.1, -0.05) is 12.1 Å². The summed E-state index contributed by atoms with van der Waals surface area (Å²) in [4.78, 5) is 3.76. The molecule has 0 saturated carbocycles. The van der Waals surface area contributed by atoms with Crippen LogP contribution >= 0.6 is 15.9 Å². The summed E-state index contributed by atoms with van der Waals surface area (Å²) >= 11 is 3.08. The van der Waals surface area contributed by atoms with E-state index in [0.29, 0.717) is 5.56 Å². The van der Waals surface area contributed by atoms with Crippen molar-refractivity contribution in [2.45, 2.75) is 12.2 Å². The normalized spacial score (nSPS) is 13.2. The molecule has 1 aromatic heterocycles. The van der Waals surface area contributed by atoms with E-state index in [1.54, 1.807) is 6.07 Å². The molecule has 0 bridgehead atoms. The fourth-order valence-corrected chi connectivity index (χ4v) is 2.61. The number of rotatable bonds is 3. The number of halogens is 5. The Labute approximate surface area is 127 Å². The van der Waals surface area contributed by atoms with E-state index in [1.807, 2.05) is 0 Å². The molecule has 1 aromatic carbocycles. The van der Waals surface area contributed by atoms with E-state index in [0.717, 1.165) is 18.5 Å². The second kappa shape index (κ2) is 6.11. The van der Waals surface area contributed by atoms with Gasteiger partial charge in [0.2, 0.25) is 0 Å². The highest BCUT2D eigenvalue weighted by molar-refractivity contribution is 9.10. The third kappa shape index (κ3) is 3.24. The summed E-state index contributed by atoms with van der Waals surface area (Å²) in [6.07, 6.45) is -2.28. The number of nitrogens with zero attached hydrogens (tertiary/aromatic N) is 1. The van der Waals surface area contributed by atoms with Gasteiger partial charge in [-0.2, -0.15) is 13.2 Å². The maximum absolute atomic E-state index is 13.6. The molecule has 1 N–H and O–H groups in total. The number of pyridine rings is 1. The number of benzene rings is 1. The van der Waals surface area contributed by atoms with E-state index in [-0.39, 0.29) is 10.0 Å². The number of nitrogens with one attached hydrogen (secondary N) is 1. The van der Waals surface area contributed by atoms with Crippen molar-refractivity contribution in [2.75, 3.05) is 7.05 Å². The van der Waals surface area contributed by atoms with Gasteiger partial charge in [0.15, 0.2) is 0 Å². The van der Waals surface area contributed by atoms with E-state index in [4.69, 9.17) is 0 Å². The lowest BCUT2D eigenvalue weighted by atomic mass is 9.96. The standard InChI is InChI=1S/C14H11BrF4N2/c1-20-13(8-3-2-4-11(16)12(8)15)9-7-21-6-5-10(9)14(17,18)19/h2-7,13,20H,1H3. The maximum atomic E-state index is 13.6. The van der Waals surface area contributed by atoms with Crippen molar-refractivity contribution >= 4 is 15.9 Å². The fourth-order valence-electron chi connectivity index (χ4n) is 2.12. The van der Waals surface area contributed by atoms with Crippen molar-refractivity contribution in [3.63, 3.8) is 0 Å². The van der Waals surface area contributed by atoms with Gasteiger partial charge in [0, 0.05) is 18.0 Å². The second-order valence-electron chi connectivity index (χ2n) is 4.33. The molecule has 1 heterocycles. The summed E-state index contributed by atoms with van der Waals surface area (Å²) in [7, 11) is 1.51. The Bertz CT molecular complexity index is 643. The van der Waals surface area contributed by atoms with Crippen LogP contribution in [0, 0.1) is 5.82 Å². The van der Waals surface area contributed by atoms with Crippen LogP contribution in [0.1, 0.15) is 22.7 Å². The second-order valence-corrected chi connectivity index (χ2v) is 5.12. The average molecular weight is 363 g/mol. The van der Waals surface area contributed by atoms with Gasteiger partial charge in [0.1, 0.15) is 5.82 Å². The third-order valence-corrected chi connectivity index (χ3v) is 3.89. The summed E-state index contributed by atoms with van der Waals surface area (Å²) in [5.41, 5.74) is -0.484. The molecule has 21 heavy (non-hydrogen) atoms. The highest BCUT2D eigenvalue weighted by Gasteiger charge is 2.35. The topological polar surface area (TPSA) is 24.9 Å². The van der Waals surface area contributed by atoms with Gasteiger partial charge in [-0.3, -0.25) is 4.98 Å². The molecule has 0 amide bonds. The van der Waals surface area contributed by atoms with Crippen molar-refractivity contribution < 1.29 is 17.6 Å². The Balaban J connectivity index is 2.60. The first kappa shape index (κ1) is 15.9. The smallest absolute Gasteiger partial charge is 0.309 e. The van der Waals surface area contributed by atoms with Crippen molar-refractivity contribution in [3.05, 3.63) is 63.6 Å². The number of aromatic nitrogens is 1. The lowest BCUT2D eigenvalue weighted by Crippen LogP contribution is -2.22. The molecule has 0 aliphatic carbocycles. The van der Waals surface area contributed by atoms with Crippen molar-refractivity contribution in [1.29, 1.82) is 0 Å².